The summed E-state index contributed by atoms with van der Waals surface area (Å²) in [6.07, 6.45) is 3.63. The average molecular weight is 257 g/mol. The number of hydrogen-bond donors (Lipinski definition) is 2. The number of carbonyl (C=O) groups excluding carboxylic acids is 1. The van der Waals surface area contributed by atoms with Crippen molar-refractivity contribution in [3.8, 4) is 0 Å². The van der Waals surface area contributed by atoms with Gasteiger partial charge < -0.3 is 10.4 Å². The van der Waals surface area contributed by atoms with Gasteiger partial charge in [-0.15, -0.1) is 0 Å². The molecule has 0 aromatic rings. The molecule has 0 aliphatic carbocycles. The molecule has 18 heavy (non-hydrogen) atoms. The molecule has 0 heterocycles. The van der Waals surface area contributed by atoms with Gasteiger partial charge in [0.05, 0.1) is 0 Å². The third-order valence-corrected chi connectivity index (χ3v) is 3.17. The Labute approximate surface area is 110 Å². The molecule has 1 unspecified atom stereocenters. The van der Waals surface area contributed by atoms with E-state index in [1.165, 1.54) is 0 Å². The first-order valence-electron chi connectivity index (χ1n) is 6.77. The summed E-state index contributed by atoms with van der Waals surface area (Å²) in [7, 11) is 0. The second kappa shape index (κ2) is 7.39. The van der Waals surface area contributed by atoms with Crippen LogP contribution in [0.4, 0.5) is 0 Å². The van der Waals surface area contributed by atoms with Crippen molar-refractivity contribution in [2.24, 2.45) is 11.3 Å². The SMILES string of the molecule is CCCCC(CC)C(=O)N[C@@H](C(=O)O)C(C)(C)C. The fraction of sp³-hybridized carbons (Fsp3) is 0.857. The predicted molar refractivity (Wildman–Crippen MR) is 72.3 cm³/mol. The molecule has 2 atom stereocenters. The lowest BCUT2D eigenvalue weighted by atomic mass is 9.86. The van der Waals surface area contributed by atoms with Crippen LogP contribution in [0.3, 0.4) is 0 Å². The molecule has 0 radical (unpaired) electrons. The summed E-state index contributed by atoms with van der Waals surface area (Å²) in [5.74, 6) is -1.18. The summed E-state index contributed by atoms with van der Waals surface area (Å²) < 4.78 is 0. The first-order chi connectivity index (χ1) is 8.23. The second-order valence-corrected chi connectivity index (χ2v) is 5.89. The number of carboxylic acids is 1. The Hall–Kier alpha value is -1.06. The molecule has 0 bridgehead atoms. The van der Waals surface area contributed by atoms with Crippen molar-refractivity contribution in [1.82, 2.24) is 5.32 Å². The lowest BCUT2D eigenvalue weighted by Crippen LogP contribution is -2.50. The number of amides is 1. The third kappa shape index (κ3) is 5.52. The predicted octanol–water partition coefficient (Wildman–Crippen LogP) is 2.82. The van der Waals surface area contributed by atoms with E-state index in [2.05, 4.69) is 12.2 Å². The molecule has 0 fully saturated rings. The van der Waals surface area contributed by atoms with Crippen molar-refractivity contribution in [3.05, 3.63) is 0 Å². The Morgan fingerprint density at radius 3 is 2.11 bits per heavy atom. The summed E-state index contributed by atoms with van der Waals surface area (Å²) in [5.41, 5.74) is -0.482. The van der Waals surface area contributed by atoms with Gasteiger partial charge in [-0.1, -0.05) is 47.5 Å². The van der Waals surface area contributed by atoms with Crippen molar-refractivity contribution in [2.75, 3.05) is 0 Å². The molecule has 106 valence electrons. The summed E-state index contributed by atoms with van der Waals surface area (Å²) in [5, 5.41) is 11.9. The van der Waals surface area contributed by atoms with Crippen LogP contribution in [-0.4, -0.2) is 23.0 Å². The monoisotopic (exact) mass is 257 g/mol. The smallest absolute Gasteiger partial charge is 0.326 e. The van der Waals surface area contributed by atoms with Crippen molar-refractivity contribution in [3.63, 3.8) is 0 Å². The van der Waals surface area contributed by atoms with E-state index in [0.717, 1.165) is 25.7 Å². The summed E-state index contributed by atoms with van der Waals surface area (Å²) in [6, 6.07) is -0.833. The summed E-state index contributed by atoms with van der Waals surface area (Å²) in [6.45, 7) is 9.50. The molecule has 4 heteroatoms. The van der Waals surface area contributed by atoms with Gasteiger partial charge in [-0.2, -0.15) is 0 Å². The zero-order chi connectivity index (χ0) is 14.3. The van der Waals surface area contributed by atoms with E-state index in [4.69, 9.17) is 0 Å². The molecule has 4 nitrogen and oxygen atoms in total. The molecule has 2 N–H and O–H groups in total. The number of unbranched alkanes of at least 4 members (excludes halogenated alkanes) is 1. The quantitative estimate of drug-likeness (QED) is 0.737. The van der Waals surface area contributed by atoms with Gasteiger partial charge in [0.25, 0.3) is 0 Å². The minimum Gasteiger partial charge on any atom is -0.480 e. The first kappa shape index (κ1) is 16.9. The lowest BCUT2D eigenvalue weighted by molar-refractivity contribution is -0.145. The highest BCUT2D eigenvalue weighted by Gasteiger charge is 2.33. The zero-order valence-electron chi connectivity index (χ0n) is 12.2. The maximum Gasteiger partial charge on any atom is 0.326 e. The molecule has 0 saturated heterocycles. The van der Waals surface area contributed by atoms with Gasteiger partial charge in [0, 0.05) is 5.92 Å². The van der Waals surface area contributed by atoms with Crippen LogP contribution in [-0.2, 0) is 9.59 Å². The van der Waals surface area contributed by atoms with E-state index in [1.54, 1.807) is 0 Å². The maximum atomic E-state index is 12.1. The molecule has 0 aliphatic rings. The minimum absolute atomic E-state index is 0.0749. The first-order valence-corrected chi connectivity index (χ1v) is 6.77. The molecular formula is C14H27NO3. The summed E-state index contributed by atoms with van der Waals surface area (Å²) in [4.78, 5) is 23.3. The van der Waals surface area contributed by atoms with Gasteiger partial charge in [-0.25, -0.2) is 4.79 Å². The average Bonchev–Trinajstić information content (AvgIpc) is 2.24. The minimum atomic E-state index is -0.971. The van der Waals surface area contributed by atoms with Crippen molar-refractivity contribution < 1.29 is 14.7 Å². The second-order valence-electron chi connectivity index (χ2n) is 5.89. The highest BCUT2D eigenvalue weighted by Crippen LogP contribution is 2.21. The van der Waals surface area contributed by atoms with E-state index < -0.39 is 17.4 Å². The Balaban J connectivity index is 4.62. The van der Waals surface area contributed by atoms with Crippen LogP contribution in [0.15, 0.2) is 0 Å². The fourth-order valence-corrected chi connectivity index (χ4v) is 1.88. The van der Waals surface area contributed by atoms with E-state index in [9.17, 15) is 14.7 Å². The summed E-state index contributed by atoms with van der Waals surface area (Å²) >= 11 is 0. The molecule has 0 rings (SSSR count). The highest BCUT2D eigenvalue weighted by atomic mass is 16.4. The molecule has 0 aliphatic heterocycles. The standard InChI is InChI=1S/C14H27NO3/c1-6-8-9-10(7-2)12(16)15-11(13(17)18)14(3,4)5/h10-11H,6-9H2,1-5H3,(H,15,16)(H,17,18)/t10?,11-/m0/s1. The topological polar surface area (TPSA) is 66.4 Å². The largest absolute Gasteiger partial charge is 0.480 e. The van der Waals surface area contributed by atoms with E-state index in [0.29, 0.717) is 0 Å². The number of carboxylic acid groups (broad SMARTS) is 1. The zero-order valence-corrected chi connectivity index (χ0v) is 12.2. The molecule has 1 amide bonds. The highest BCUT2D eigenvalue weighted by molar-refractivity contribution is 5.85. The number of nitrogens with one attached hydrogen (secondary N) is 1. The van der Waals surface area contributed by atoms with Gasteiger partial charge in [-0.05, 0) is 18.3 Å². The van der Waals surface area contributed by atoms with Gasteiger partial charge in [0.1, 0.15) is 6.04 Å². The van der Waals surface area contributed by atoms with Gasteiger partial charge in [0.15, 0.2) is 0 Å². The van der Waals surface area contributed by atoms with Crippen LogP contribution in [0, 0.1) is 11.3 Å². The number of carbonyl (C=O) groups is 2. The van der Waals surface area contributed by atoms with Crippen LogP contribution >= 0.6 is 0 Å². The molecule has 0 saturated carbocycles. The van der Waals surface area contributed by atoms with Crippen LogP contribution in [0.2, 0.25) is 0 Å². The van der Waals surface area contributed by atoms with Crippen molar-refractivity contribution in [1.29, 1.82) is 0 Å². The molecular weight excluding hydrogens is 230 g/mol. The van der Waals surface area contributed by atoms with Crippen molar-refractivity contribution >= 4 is 11.9 Å². The van der Waals surface area contributed by atoms with Gasteiger partial charge >= 0.3 is 5.97 Å². The van der Waals surface area contributed by atoms with E-state index in [1.807, 2.05) is 27.7 Å². The van der Waals surface area contributed by atoms with Crippen LogP contribution in [0.1, 0.15) is 60.3 Å². The Morgan fingerprint density at radius 2 is 1.78 bits per heavy atom. The molecule has 0 aromatic carbocycles. The Morgan fingerprint density at radius 1 is 1.22 bits per heavy atom. The van der Waals surface area contributed by atoms with Crippen LogP contribution in [0.25, 0.3) is 0 Å². The third-order valence-electron chi connectivity index (χ3n) is 3.17. The maximum absolute atomic E-state index is 12.1. The fourth-order valence-electron chi connectivity index (χ4n) is 1.88. The number of rotatable bonds is 7. The van der Waals surface area contributed by atoms with Crippen LogP contribution < -0.4 is 5.32 Å². The number of aliphatic carboxylic acids is 1. The Bertz CT molecular complexity index is 281. The Kier molecular flexibility index (Phi) is 6.96. The van der Waals surface area contributed by atoms with Gasteiger partial charge in [-0.3, -0.25) is 4.79 Å². The van der Waals surface area contributed by atoms with Crippen molar-refractivity contribution in [2.45, 2.75) is 66.3 Å². The number of hydrogen-bond acceptors (Lipinski definition) is 2. The van der Waals surface area contributed by atoms with E-state index >= 15 is 0 Å². The van der Waals surface area contributed by atoms with Gasteiger partial charge in [0.2, 0.25) is 5.91 Å². The lowest BCUT2D eigenvalue weighted by Gasteiger charge is -2.29. The van der Waals surface area contributed by atoms with E-state index in [-0.39, 0.29) is 11.8 Å². The van der Waals surface area contributed by atoms with Crippen LogP contribution in [0.5, 0.6) is 0 Å². The molecule has 0 aromatic heterocycles. The molecule has 0 spiro atoms. The normalized spacial score (nSPS) is 14.9.